The van der Waals surface area contributed by atoms with E-state index in [1.54, 1.807) is 16.8 Å². The summed E-state index contributed by atoms with van der Waals surface area (Å²) in [6.07, 6.45) is 6.64. The van der Waals surface area contributed by atoms with Crippen LogP contribution in [0.4, 0.5) is 4.39 Å². The van der Waals surface area contributed by atoms with Gasteiger partial charge >= 0.3 is 0 Å². The molecule has 0 radical (unpaired) electrons. The average molecular weight is 395 g/mol. The van der Waals surface area contributed by atoms with E-state index in [-0.39, 0.29) is 18.2 Å². The molecule has 2 fully saturated rings. The normalized spacial score (nSPS) is 25.3. The quantitative estimate of drug-likeness (QED) is 0.791. The molecular weight excluding hydrogens is 367 g/mol. The molecule has 5 nitrogen and oxygen atoms in total. The molecule has 3 unspecified atom stereocenters. The monoisotopic (exact) mass is 394 g/mol. The van der Waals surface area contributed by atoms with Gasteiger partial charge in [-0.15, -0.1) is 12.4 Å². The second kappa shape index (κ2) is 9.64. The van der Waals surface area contributed by atoms with E-state index in [2.05, 4.69) is 15.7 Å². The number of halogens is 2. The lowest BCUT2D eigenvalue weighted by atomic mass is 9.94. The fraction of sp³-hybridized carbons (Fsp3) is 0.550. The molecule has 7 heteroatoms. The number of ether oxygens (including phenoxy) is 1. The zero-order valence-corrected chi connectivity index (χ0v) is 16.3. The van der Waals surface area contributed by atoms with Crippen LogP contribution in [-0.4, -0.2) is 48.2 Å². The van der Waals surface area contributed by atoms with E-state index >= 15 is 0 Å². The zero-order valence-electron chi connectivity index (χ0n) is 15.4. The van der Waals surface area contributed by atoms with E-state index in [1.807, 2.05) is 12.3 Å². The predicted molar refractivity (Wildman–Crippen MR) is 106 cm³/mol. The average Bonchev–Trinajstić information content (AvgIpc) is 3.33. The molecule has 0 amide bonds. The Kier molecular flexibility index (Phi) is 7.24. The molecule has 0 bridgehead atoms. The minimum absolute atomic E-state index is 0. The molecule has 148 valence electrons. The van der Waals surface area contributed by atoms with Gasteiger partial charge < -0.3 is 15.4 Å². The molecule has 1 aromatic heterocycles. The Balaban J connectivity index is 0.00000210. The Morgan fingerprint density at radius 2 is 2.07 bits per heavy atom. The number of hydrogen-bond acceptors (Lipinski definition) is 4. The minimum atomic E-state index is -0.227. The maximum Gasteiger partial charge on any atom is 0.123 e. The summed E-state index contributed by atoms with van der Waals surface area (Å²) in [5.74, 6) is 0.432. The summed E-state index contributed by atoms with van der Waals surface area (Å²) in [4.78, 5) is 0. The van der Waals surface area contributed by atoms with Crippen molar-refractivity contribution in [2.24, 2.45) is 5.92 Å². The first-order valence-electron chi connectivity index (χ1n) is 9.64. The van der Waals surface area contributed by atoms with Gasteiger partial charge in [0.2, 0.25) is 0 Å². The molecule has 4 rings (SSSR count). The number of benzene rings is 1. The molecule has 1 saturated carbocycles. The van der Waals surface area contributed by atoms with Crippen LogP contribution in [0.1, 0.15) is 25.0 Å². The highest BCUT2D eigenvalue weighted by Crippen LogP contribution is 2.29. The first-order chi connectivity index (χ1) is 12.8. The Morgan fingerprint density at radius 3 is 2.85 bits per heavy atom. The number of aromatic nitrogens is 2. The number of hydrogen-bond donors (Lipinski definition) is 2. The van der Waals surface area contributed by atoms with Gasteiger partial charge in [0.05, 0.1) is 24.6 Å². The Morgan fingerprint density at radius 1 is 1.22 bits per heavy atom. The van der Waals surface area contributed by atoms with Crippen molar-refractivity contribution < 1.29 is 9.13 Å². The fourth-order valence-corrected chi connectivity index (χ4v) is 4.20. The summed E-state index contributed by atoms with van der Waals surface area (Å²) in [6.45, 7) is 3.56. The lowest BCUT2D eigenvalue weighted by molar-refractivity contribution is 0.0526. The van der Waals surface area contributed by atoms with Crippen LogP contribution < -0.4 is 10.6 Å². The van der Waals surface area contributed by atoms with Crippen LogP contribution in [0.3, 0.4) is 0 Å². The van der Waals surface area contributed by atoms with Gasteiger partial charge in [0.25, 0.3) is 0 Å². The van der Waals surface area contributed by atoms with Crippen LogP contribution in [-0.2, 0) is 11.2 Å². The standard InChI is InChI=1S/C20H27FN4O.ClH/c21-15-4-6-17(7-5-15)25-12-9-16(24-25)8-10-22-19-3-1-2-18(19)20-14-26-13-11-23-20;/h4-7,9,12,18-20,22-23H,1-3,8,10-11,13-14H2;1H. The summed E-state index contributed by atoms with van der Waals surface area (Å²) in [5.41, 5.74) is 1.93. The van der Waals surface area contributed by atoms with Crippen molar-refractivity contribution in [3.63, 3.8) is 0 Å². The highest BCUT2D eigenvalue weighted by atomic mass is 35.5. The van der Waals surface area contributed by atoms with Gasteiger partial charge in [-0.3, -0.25) is 0 Å². The summed E-state index contributed by atoms with van der Waals surface area (Å²) >= 11 is 0. The van der Waals surface area contributed by atoms with E-state index in [9.17, 15) is 4.39 Å². The van der Waals surface area contributed by atoms with Crippen molar-refractivity contribution >= 4 is 12.4 Å². The highest BCUT2D eigenvalue weighted by Gasteiger charge is 2.34. The summed E-state index contributed by atoms with van der Waals surface area (Å²) < 4.78 is 20.5. The molecule has 3 atom stereocenters. The summed E-state index contributed by atoms with van der Waals surface area (Å²) in [6, 6.07) is 9.49. The Hall–Kier alpha value is -1.47. The van der Waals surface area contributed by atoms with Gasteiger partial charge in [0.15, 0.2) is 0 Å². The van der Waals surface area contributed by atoms with Gasteiger partial charge in [-0.05, 0) is 49.1 Å². The van der Waals surface area contributed by atoms with E-state index in [0.29, 0.717) is 18.0 Å². The maximum atomic E-state index is 13.0. The van der Waals surface area contributed by atoms with Crippen LogP contribution in [0.5, 0.6) is 0 Å². The van der Waals surface area contributed by atoms with Crippen molar-refractivity contribution in [2.45, 2.75) is 37.8 Å². The van der Waals surface area contributed by atoms with Crippen molar-refractivity contribution in [3.8, 4) is 5.69 Å². The SMILES string of the molecule is Cl.Fc1ccc(-n2ccc(CCNC3CCCC3C3COCCN3)n2)cc1. The summed E-state index contributed by atoms with van der Waals surface area (Å²) in [7, 11) is 0. The lowest BCUT2D eigenvalue weighted by Crippen LogP contribution is -2.51. The molecule has 2 N–H and O–H groups in total. The summed E-state index contributed by atoms with van der Waals surface area (Å²) in [5, 5.41) is 12.0. The van der Waals surface area contributed by atoms with Gasteiger partial charge in [-0.2, -0.15) is 5.10 Å². The molecule has 0 spiro atoms. The highest BCUT2D eigenvalue weighted by molar-refractivity contribution is 5.85. The van der Waals surface area contributed by atoms with Crippen LogP contribution in [0, 0.1) is 11.7 Å². The third kappa shape index (κ3) is 5.08. The van der Waals surface area contributed by atoms with Gasteiger partial charge in [0, 0.05) is 37.8 Å². The van der Waals surface area contributed by atoms with Crippen LogP contribution in [0.15, 0.2) is 36.5 Å². The largest absolute Gasteiger partial charge is 0.379 e. The zero-order chi connectivity index (χ0) is 17.8. The van der Waals surface area contributed by atoms with E-state index < -0.39 is 0 Å². The number of nitrogens with zero attached hydrogens (tertiary/aromatic N) is 2. The van der Waals surface area contributed by atoms with E-state index in [0.717, 1.165) is 44.1 Å². The molecule has 1 saturated heterocycles. The molecule has 2 aromatic rings. The molecule has 27 heavy (non-hydrogen) atoms. The smallest absolute Gasteiger partial charge is 0.123 e. The molecule has 1 aliphatic carbocycles. The number of morpholine rings is 1. The van der Waals surface area contributed by atoms with Crippen molar-refractivity contribution in [1.29, 1.82) is 0 Å². The van der Waals surface area contributed by atoms with Gasteiger partial charge in [-0.25, -0.2) is 9.07 Å². The Bertz CT molecular complexity index is 702. The first kappa shape index (κ1) is 20.3. The molecule has 2 aliphatic rings. The minimum Gasteiger partial charge on any atom is -0.379 e. The van der Waals surface area contributed by atoms with Crippen LogP contribution in [0.2, 0.25) is 0 Å². The van der Waals surface area contributed by atoms with Crippen LogP contribution in [0.25, 0.3) is 5.69 Å². The van der Waals surface area contributed by atoms with Crippen molar-refractivity contribution in [3.05, 3.63) is 48.0 Å². The van der Waals surface area contributed by atoms with Gasteiger partial charge in [0.1, 0.15) is 5.82 Å². The third-order valence-electron chi connectivity index (χ3n) is 5.56. The number of nitrogens with one attached hydrogen (secondary N) is 2. The second-order valence-corrected chi connectivity index (χ2v) is 7.27. The van der Waals surface area contributed by atoms with Crippen LogP contribution >= 0.6 is 12.4 Å². The molecular formula is C20H28ClFN4O. The molecule has 1 aliphatic heterocycles. The predicted octanol–water partition coefficient (Wildman–Crippen LogP) is 2.72. The fourth-order valence-electron chi connectivity index (χ4n) is 4.20. The van der Waals surface area contributed by atoms with E-state index in [4.69, 9.17) is 4.74 Å². The van der Waals surface area contributed by atoms with Crippen molar-refractivity contribution in [2.75, 3.05) is 26.3 Å². The lowest BCUT2D eigenvalue weighted by Gasteiger charge is -2.33. The van der Waals surface area contributed by atoms with E-state index in [1.165, 1.54) is 31.4 Å². The maximum absolute atomic E-state index is 13.0. The third-order valence-corrected chi connectivity index (χ3v) is 5.56. The molecule has 2 heterocycles. The Labute approximate surface area is 166 Å². The molecule has 1 aromatic carbocycles. The second-order valence-electron chi connectivity index (χ2n) is 7.27. The number of rotatable bonds is 6. The topological polar surface area (TPSA) is 51.1 Å². The van der Waals surface area contributed by atoms with Crippen molar-refractivity contribution in [1.82, 2.24) is 20.4 Å². The van der Waals surface area contributed by atoms with Gasteiger partial charge in [-0.1, -0.05) is 6.42 Å². The first-order valence-corrected chi connectivity index (χ1v) is 9.64.